The fourth-order valence-corrected chi connectivity index (χ4v) is 3.40. The van der Waals surface area contributed by atoms with Crippen LogP contribution in [0, 0.1) is 25.2 Å². The second kappa shape index (κ2) is 7.04. The summed E-state index contributed by atoms with van der Waals surface area (Å²) in [5.74, 6) is 1.34. The first-order valence-corrected chi connectivity index (χ1v) is 8.53. The maximum atomic E-state index is 9.30. The quantitative estimate of drug-likeness (QED) is 0.637. The number of nitrogens with zero attached hydrogens (tertiary/aromatic N) is 4. The van der Waals surface area contributed by atoms with Gasteiger partial charge in [-0.05, 0) is 37.6 Å². The zero-order chi connectivity index (χ0) is 17.1. The highest BCUT2D eigenvalue weighted by Crippen LogP contribution is 2.28. The summed E-state index contributed by atoms with van der Waals surface area (Å²) in [5.41, 5.74) is 3.09. The van der Waals surface area contributed by atoms with Gasteiger partial charge in [-0.1, -0.05) is 40.7 Å². The standard InChI is InChI=1S/C17H13ClN4OS/c1-10-7-11(2)20-17(13(10)8-19)24-9-15-21-16(22-23-15)12-5-3-4-6-14(12)18/h3-7H,9H2,1-2H3. The van der Waals surface area contributed by atoms with Crippen molar-refractivity contribution < 1.29 is 4.52 Å². The van der Waals surface area contributed by atoms with Crippen molar-refractivity contribution in [1.29, 1.82) is 5.26 Å². The molecule has 24 heavy (non-hydrogen) atoms. The average Bonchev–Trinajstić information content (AvgIpc) is 3.01. The van der Waals surface area contributed by atoms with E-state index in [4.69, 9.17) is 16.1 Å². The van der Waals surface area contributed by atoms with Crippen LogP contribution in [0.3, 0.4) is 0 Å². The van der Waals surface area contributed by atoms with E-state index in [1.54, 1.807) is 6.07 Å². The van der Waals surface area contributed by atoms with E-state index in [0.717, 1.165) is 16.8 Å². The van der Waals surface area contributed by atoms with Gasteiger partial charge in [0, 0.05) is 11.3 Å². The molecular weight excluding hydrogens is 344 g/mol. The Morgan fingerprint density at radius 3 is 2.79 bits per heavy atom. The van der Waals surface area contributed by atoms with Crippen molar-refractivity contribution >= 4 is 23.4 Å². The van der Waals surface area contributed by atoms with Crippen LogP contribution >= 0.6 is 23.4 Å². The highest BCUT2D eigenvalue weighted by Gasteiger charge is 2.14. The Morgan fingerprint density at radius 1 is 1.25 bits per heavy atom. The number of nitriles is 1. The molecule has 120 valence electrons. The number of aromatic nitrogens is 3. The number of thioether (sulfide) groups is 1. The fraction of sp³-hybridized carbons (Fsp3) is 0.176. The third-order valence-electron chi connectivity index (χ3n) is 3.34. The van der Waals surface area contributed by atoms with E-state index < -0.39 is 0 Å². The minimum atomic E-state index is 0.433. The molecule has 0 saturated heterocycles. The van der Waals surface area contributed by atoms with E-state index in [2.05, 4.69) is 21.2 Å². The molecule has 0 spiro atoms. The van der Waals surface area contributed by atoms with Gasteiger partial charge in [0.1, 0.15) is 11.1 Å². The van der Waals surface area contributed by atoms with Gasteiger partial charge in [0.15, 0.2) is 0 Å². The van der Waals surface area contributed by atoms with Crippen LogP contribution in [-0.2, 0) is 5.75 Å². The molecule has 0 fully saturated rings. The van der Waals surface area contributed by atoms with Crippen LogP contribution in [0.25, 0.3) is 11.4 Å². The van der Waals surface area contributed by atoms with Gasteiger partial charge in [-0.2, -0.15) is 10.2 Å². The van der Waals surface area contributed by atoms with Gasteiger partial charge in [-0.15, -0.1) is 0 Å². The minimum absolute atomic E-state index is 0.433. The molecule has 5 nitrogen and oxygen atoms in total. The van der Waals surface area contributed by atoms with Gasteiger partial charge in [-0.3, -0.25) is 0 Å². The normalized spacial score (nSPS) is 10.6. The number of pyridine rings is 1. The summed E-state index contributed by atoms with van der Waals surface area (Å²) in [7, 11) is 0. The predicted molar refractivity (Wildman–Crippen MR) is 92.7 cm³/mol. The van der Waals surface area contributed by atoms with Gasteiger partial charge in [0.25, 0.3) is 0 Å². The molecule has 2 heterocycles. The number of rotatable bonds is 4. The van der Waals surface area contributed by atoms with Crippen LogP contribution < -0.4 is 0 Å². The summed E-state index contributed by atoms with van der Waals surface area (Å²) in [6.45, 7) is 3.81. The molecule has 0 unspecified atom stereocenters. The largest absolute Gasteiger partial charge is 0.338 e. The number of hydrogen-bond acceptors (Lipinski definition) is 6. The fourth-order valence-electron chi connectivity index (χ4n) is 2.24. The van der Waals surface area contributed by atoms with Crippen LogP contribution in [0.5, 0.6) is 0 Å². The second-order valence-electron chi connectivity index (χ2n) is 5.15. The summed E-state index contributed by atoms with van der Waals surface area (Å²) in [6.07, 6.45) is 0. The van der Waals surface area contributed by atoms with E-state index in [1.807, 2.05) is 38.1 Å². The lowest BCUT2D eigenvalue weighted by Gasteiger charge is -2.05. The average molecular weight is 357 g/mol. The van der Waals surface area contributed by atoms with E-state index in [0.29, 0.717) is 33.1 Å². The highest BCUT2D eigenvalue weighted by molar-refractivity contribution is 7.98. The summed E-state index contributed by atoms with van der Waals surface area (Å²) >= 11 is 7.55. The first-order valence-electron chi connectivity index (χ1n) is 7.17. The first-order chi connectivity index (χ1) is 11.6. The van der Waals surface area contributed by atoms with Gasteiger partial charge in [0.2, 0.25) is 11.7 Å². The van der Waals surface area contributed by atoms with Crippen molar-refractivity contribution in [1.82, 2.24) is 15.1 Å². The molecule has 7 heteroatoms. The third-order valence-corrected chi connectivity index (χ3v) is 4.63. The van der Waals surface area contributed by atoms with Crippen LogP contribution in [-0.4, -0.2) is 15.1 Å². The van der Waals surface area contributed by atoms with Gasteiger partial charge in [-0.25, -0.2) is 4.98 Å². The number of halogens is 1. The van der Waals surface area contributed by atoms with Crippen molar-refractivity contribution in [2.75, 3.05) is 0 Å². The third kappa shape index (κ3) is 3.42. The van der Waals surface area contributed by atoms with Crippen molar-refractivity contribution in [3.8, 4) is 17.5 Å². The van der Waals surface area contributed by atoms with Crippen molar-refractivity contribution in [3.63, 3.8) is 0 Å². The molecule has 3 rings (SSSR count). The zero-order valence-electron chi connectivity index (χ0n) is 13.1. The lowest BCUT2D eigenvalue weighted by atomic mass is 10.1. The minimum Gasteiger partial charge on any atom is -0.338 e. The molecule has 0 amide bonds. The Morgan fingerprint density at radius 2 is 2.04 bits per heavy atom. The van der Waals surface area contributed by atoms with Crippen LogP contribution in [0.2, 0.25) is 5.02 Å². The number of aryl methyl sites for hydroxylation is 2. The van der Waals surface area contributed by atoms with Crippen molar-refractivity contribution in [3.05, 3.63) is 58.1 Å². The molecule has 3 aromatic rings. The number of benzene rings is 1. The molecule has 0 aliphatic rings. The molecule has 0 saturated carbocycles. The molecule has 0 aliphatic heterocycles. The second-order valence-corrected chi connectivity index (χ2v) is 6.52. The van der Waals surface area contributed by atoms with E-state index in [9.17, 15) is 5.26 Å². The lowest BCUT2D eigenvalue weighted by Crippen LogP contribution is -1.95. The molecule has 0 N–H and O–H groups in total. The summed E-state index contributed by atoms with van der Waals surface area (Å²) < 4.78 is 5.28. The molecule has 0 aliphatic carbocycles. The van der Waals surface area contributed by atoms with Crippen molar-refractivity contribution in [2.24, 2.45) is 0 Å². The van der Waals surface area contributed by atoms with E-state index >= 15 is 0 Å². The molecule has 2 aromatic heterocycles. The Labute approximate surface area is 148 Å². The Bertz CT molecular complexity index is 933. The summed E-state index contributed by atoms with van der Waals surface area (Å²) in [5, 5.41) is 14.5. The Kier molecular flexibility index (Phi) is 4.84. The number of hydrogen-bond donors (Lipinski definition) is 0. The maximum Gasteiger partial charge on any atom is 0.237 e. The predicted octanol–water partition coefficient (Wildman–Crippen LogP) is 4.57. The van der Waals surface area contributed by atoms with E-state index in [-0.39, 0.29) is 0 Å². The molecular formula is C17H13ClN4OS. The highest BCUT2D eigenvalue weighted by atomic mass is 35.5. The van der Waals surface area contributed by atoms with Crippen LogP contribution in [0.1, 0.15) is 22.7 Å². The topological polar surface area (TPSA) is 75.6 Å². The first kappa shape index (κ1) is 16.5. The van der Waals surface area contributed by atoms with Crippen molar-refractivity contribution in [2.45, 2.75) is 24.6 Å². The monoisotopic (exact) mass is 356 g/mol. The Hall–Kier alpha value is -2.36. The molecule has 0 radical (unpaired) electrons. The van der Waals surface area contributed by atoms with Gasteiger partial charge < -0.3 is 4.52 Å². The zero-order valence-corrected chi connectivity index (χ0v) is 14.6. The van der Waals surface area contributed by atoms with Crippen LogP contribution in [0.15, 0.2) is 39.9 Å². The summed E-state index contributed by atoms with van der Waals surface area (Å²) in [6, 6.07) is 11.4. The van der Waals surface area contributed by atoms with Crippen LogP contribution in [0.4, 0.5) is 0 Å². The molecule has 0 atom stereocenters. The summed E-state index contributed by atoms with van der Waals surface area (Å²) in [4.78, 5) is 8.79. The van der Waals surface area contributed by atoms with E-state index in [1.165, 1.54) is 11.8 Å². The van der Waals surface area contributed by atoms with Gasteiger partial charge in [0.05, 0.1) is 16.3 Å². The Balaban J connectivity index is 1.80. The SMILES string of the molecule is Cc1cc(C)c(C#N)c(SCc2nc(-c3ccccc3Cl)no2)n1. The van der Waals surface area contributed by atoms with Gasteiger partial charge >= 0.3 is 0 Å². The molecule has 0 bridgehead atoms. The lowest BCUT2D eigenvalue weighted by molar-refractivity contribution is 0.391. The molecule has 1 aromatic carbocycles. The maximum absolute atomic E-state index is 9.30. The smallest absolute Gasteiger partial charge is 0.237 e.